The van der Waals surface area contributed by atoms with Gasteiger partial charge in [-0.05, 0) is 41.2 Å². The highest BCUT2D eigenvalue weighted by atomic mass is 16.1. The van der Waals surface area contributed by atoms with Crippen LogP contribution in [0.3, 0.4) is 0 Å². The third kappa shape index (κ3) is 4.74. The molecule has 0 heterocycles. The smallest absolute Gasteiger partial charge is 0.224 e. The van der Waals surface area contributed by atoms with Crippen LogP contribution in [0.1, 0.15) is 38.3 Å². The van der Waals surface area contributed by atoms with Gasteiger partial charge in [0, 0.05) is 12.1 Å². The first-order valence-corrected chi connectivity index (χ1v) is 7.80. The minimum atomic E-state index is -0.0333. The van der Waals surface area contributed by atoms with Crippen LogP contribution in [0.25, 0.3) is 0 Å². The standard InChI is InChI=1S/C19H25N3O/c1-19(2,3)14-7-4-13(5-8-14)6-11-18(23)22-15-9-10-16(20)17(21)12-15/h4-5,7-10,12H,6,11,20-21H2,1-3H3,(H,22,23). The molecule has 0 fully saturated rings. The number of rotatable bonds is 4. The van der Waals surface area contributed by atoms with Gasteiger partial charge in [0.15, 0.2) is 0 Å². The monoisotopic (exact) mass is 311 g/mol. The van der Waals surface area contributed by atoms with Crippen molar-refractivity contribution in [1.29, 1.82) is 0 Å². The fourth-order valence-corrected chi connectivity index (χ4v) is 2.31. The molecule has 0 aliphatic carbocycles. The van der Waals surface area contributed by atoms with Crippen LogP contribution in [0.15, 0.2) is 42.5 Å². The fourth-order valence-electron chi connectivity index (χ4n) is 2.31. The van der Waals surface area contributed by atoms with Gasteiger partial charge in [0.1, 0.15) is 0 Å². The van der Waals surface area contributed by atoms with E-state index in [1.54, 1.807) is 18.2 Å². The van der Waals surface area contributed by atoms with E-state index in [2.05, 4.69) is 50.4 Å². The second kappa shape index (κ2) is 6.73. The van der Waals surface area contributed by atoms with Crippen molar-refractivity contribution in [3.63, 3.8) is 0 Å². The number of carbonyl (C=O) groups excluding carboxylic acids is 1. The molecule has 0 aromatic heterocycles. The summed E-state index contributed by atoms with van der Waals surface area (Å²) < 4.78 is 0. The van der Waals surface area contributed by atoms with E-state index in [9.17, 15) is 4.79 Å². The van der Waals surface area contributed by atoms with Crippen LogP contribution in [0, 0.1) is 0 Å². The van der Waals surface area contributed by atoms with Crippen LogP contribution >= 0.6 is 0 Å². The van der Waals surface area contributed by atoms with Crippen LogP contribution in [0.2, 0.25) is 0 Å². The highest BCUT2D eigenvalue weighted by molar-refractivity contribution is 5.92. The number of amides is 1. The molecule has 4 heteroatoms. The maximum Gasteiger partial charge on any atom is 0.224 e. The molecule has 0 aliphatic heterocycles. The van der Waals surface area contributed by atoms with E-state index < -0.39 is 0 Å². The summed E-state index contributed by atoms with van der Waals surface area (Å²) in [5.74, 6) is -0.0333. The molecule has 2 aromatic carbocycles. The Kier molecular flexibility index (Phi) is 4.94. The molecule has 0 aliphatic rings. The first-order chi connectivity index (χ1) is 10.8. The van der Waals surface area contributed by atoms with Crippen molar-refractivity contribution in [3.05, 3.63) is 53.6 Å². The summed E-state index contributed by atoms with van der Waals surface area (Å²) in [6, 6.07) is 13.6. The Morgan fingerprint density at radius 2 is 1.65 bits per heavy atom. The van der Waals surface area contributed by atoms with Crippen molar-refractivity contribution in [1.82, 2.24) is 0 Å². The number of aryl methyl sites for hydroxylation is 1. The van der Waals surface area contributed by atoms with Gasteiger partial charge in [0.05, 0.1) is 11.4 Å². The molecular formula is C19H25N3O. The molecule has 0 saturated carbocycles. The first kappa shape index (κ1) is 16.9. The summed E-state index contributed by atoms with van der Waals surface area (Å²) in [5.41, 5.74) is 15.6. The van der Waals surface area contributed by atoms with E-state index in [-0.39, 0.29) is 11.3 Å². The molecule has 0 unspecified atom stereocenters. The van der Waals surface area contributed by atoms with Crippen molar-refractivity contribution < 1.29 is 4.79 Å². The second-order valence-electron chi connectivity index (χ2n) is 6.84. The Balaban J connectivity index is 1.90. The summed E-state index contributed by atoms with van der Waals surface area (Å²) in [7, 11) is 0. The van der Waals surface area contributed by atoms with Gasteiger partial charge in [-0.2, -0.15) is 0 Å². The highest BCUT2D eigenvalue weighted by Crippen LogP contribution is 2.23. The average Bonchev–Trinajstić information content (AvgIpc) is 2.48. The second-order valence-corrected chi connectivity index (χ2v) is 6.84. The Labute approximate surface area is 137 Å². The van der Waals surface area contributed by atoms with E-state index in [0.29, 0.717) is 29.9 Å². The number of nitrogens with two attached hydrogens (primary N) is 2. The molecule has 4 nitrogen and oxygen atoms in total. The molecule has 23 heavy (non-hydrogen) atoms. The van der Waals surface area contributed by atoms with Gasteiger partial charge in [-0.3, -0.25) is 4.79 Å². The van der Waals surface area contributed by atoms with Gasteiger partial charge in [-0.15, -0.1) is 0 Å². The molecule has 0 atom stereocenters. The summed E-state index contributed by atoms with van der Waals surface area (Å²) in [6.45, 7) is 6.56. The van der Waals surface area contributed by atoms with Crippen molar-refractivity contribution in [2.45, 2.75) is 39.0 Å². The van der Waals surface area contributed by atoms with E-state index >= 15 is 0 Å². The fraction of sp³-hybridized carbons (Fsp3) is 0.316. The van der Waals surface area contributed by atoms with Crippen LogP contribution in [0.4, 0.5) is 17.1 Å². The lowest BCUT2D eigenvalue weighted by molar-refractivity contribution is -0.116. The topological polar surface area (TPSA) is 81.1 Å². The van der Waals surface area contributed by atoms with Crippen LogP contribution in [0.5, 0.6) is 0 Å². The Morgan fingerprint density at radius 1 is 1.00 bits per heavy atom. The van der Waals surface area contributed by atoms with Gasteiger partial charge in [0.2, 0.25) is 5.91 Å². The van der Waals surface area contributed by atoms with Gasteiger partial charge < -0.3 is 16.8 Å². The van der Waals surface area contributed by atoms with E-state index in [0.717, 1.165) is 5.56 Å². The zero-order valence-corrected chi connectivity index (χ0v) is 14.0. The van der Waals surface area contributed by atoms with E-state index in [1.165, 1.54) is 5.56 Å². The van der Waals surface area contributed by atoms with Crippen LogP contribution < -0.4 is 16.8 Å². The number of hydrogen-bond donors (Lipinski definition) is 3. The molecule has 0 bridgehead atoms. The molecule has 0 radical (unpaired) electrons. The van der Waals surface area contributed by atoms with Crippen LogP contribution in [-0.2, 0) is 16.6 Å². The number of hydrogen-bond acceptors (Lipinski definition) is 3. The normalized spacial score (nSPS) is 11.3. The van der Waals surface area contributed by atoms with Crippen molar-refractivity contribution >= 4 is 23.0 Å². The molecule has 0 saturated heterocycles. The lowest BCUT2D eigenvalue weighted by atomic mass is 9.86. The summed E-state index contributed by atoms with van der Waals surface area (Å²) in [5, 5.41) is 2.84. The zero-order chi connectivity index (χ0) is 17.0. The molecule has 2 aromatic rings. The SMILES string of the molecule is CC(C)(C)c1ccc(CCC(=O)Nc2ccc(N)c(N)c2)cc1. The van der Waals surface area contributed by atoms with Crippen LogP contribution in [-0.4, -0.2) is 5.91 Å². The maximum absolute atomic E-state index is 12.0. The molecule has 122 valence electrons. The number of nitrogen functional groups attached to an aromatic ring is 2. The Morgan fingerprint density at radius 3 is 2.22 bits per heavy atom. The molecule has 1 amide bonds. The van der Waals surface area contributed by atoms with E-state index in [4.69, 9.17) is 11.5 Å². The van der Waals surface area contributed by atoms with E-state index in [1.807, 2.05) is 0 Å². The predicted molar refractivity (Wildman–Crippen MR) is 97.4 cm³/mol. The van der Waals surface area contributed by atoms with Gasteiger partial charge in [-0.1, -0.05) is 45.0 Å². The number of carbonyl (C=O) groups is 1. The number of nitrogens with one attached hydrogen (secondary N) is 1. The summed E-state index contributed by atoms with van der Waals surface area (Å²) in [6.07, 6.45) is 1.14. The number of benzene rings is 2. The van der Waals surface area contributed by atoms with Gasteiger partial charge in [-0.25, -0.2) is 0 Å². The summed E-state index contributed by atoms with van der Waals surface area (Å²) >= 11 is 0. The average molecular weight is 311 g/mol. The zero-order valence-electron chi connectivity index (χ0n) is 14.0. The molecule has 0 spiro atoms. The number of anilines is 3. The van der Waals surface area contributed by atoms with Crippen molar-refractivity contribution in [2.75, 3.05) is 16.8 Å². The third-order valence-corrected chi connectivity index (χ3v) is 3.83. The molecular weight excluding hydrogens is 286 g/mol. The Bertz CT molecular complexity index is 685. The first-order valence-electron chi connectivity index (χ1n) is 7.80. The summed E-state index contributed by atoms with van der Waals surface area (Å²) in [4.78, 5) is 12.0. The highest BCUT2D eigenvalue weighted by Gasteiger charge is 2.13. The van der Waals surface area contributed by atoms with Gasteiger partial charge >= 0.3 is 0 Å². The largest absolute Gasteiger partial charge is 0.397 e. The van der Waals surface area contributed by atoms with Crippen molar-refractivity contribution in [3.8, 4) is 0 Å². The minimum absolute atomic E-state index is 0.0333. The minimum Gasteiger partial charge on any atom is -0.397 e. The predicted octanol–water partition coefficient (Wildman–Crippen LogP) is 3.72. The molecule has 5 N–H and O–H groups in total. The third-order valence-electron chi connectivity index (χ3n) is 3.83. The lowest BCUT2D eigenvalue weighted by Gasteiger charge is -2.19. The van der Waals surface area contributed by atoms with Crippen molar-refractivity contribution in [2.24, 2.45) is 0 Å². The quantitative estimate of drug-likeness (QED) is 0.753. The Hall–Kier alpha value is -2.49. The maximum atomic E-state index is 12.0. The van der Waals surface area contributed by atoms with Gasteiger partial charge in [0.25, 0.3) is 0 Å². The molecule has 2 rings (SSSR count). The lowest BCUT2D eigenvalue weighted by Crippen LogP contribution is -2.13.